The van der Waals surface area contributed by atoms with Crippen LogP contribution in [0.3, 0.4) is 0 Å². The maximum atomic E-state index is 13.8. The summed E-state index contributed by atoms with van der Waals surface area (Å²) >= 11 is 6.00. The van der Waals surface area contributed by atoms with Crippen molar-refractivity contribution in [3.63, 3.8) is 0 Å². The molecule has 0 bridgehead atoms. The van der Waals surface area contributed by atoms with Gasteiger partial charge >= 0.3 is 0 Å². The highest BCUT2D eigenvalue weighted by atomic mass is 35.5. The molecule has 0 aromatic heterocycles. The molecule has 6 heteroatoms. The number of likely N-dealkylation sites (tertiary alicyclic amines) is 1. The lowest BCUT2D eigenvalue weighted by Crippen LogP contribution is -2.48. The molecule has 0 radical (unpaired) electrons. The lowest BCUT2D eigenvalue weighted by atomic mass is 10.1. The van der Waals surface area contributed by atoms with Gasteiger partial charge in [0, 0.05) is 37.8 Å². The molecule has 0 N–H and O–H groups in total. The molecule has 0 spiro atoms. The van der Waals surface area contributed by atoms with Crippen LogP contribution in [0.4, 0.5) is 4.39 Å². The molecule has 2 heterocycles. The summed E-state index contributed by atoms with van der Waals surface area (Å²) in [4.78, 5) is 19.2. The van der Waals surface area contributed by atoms with Crippen LogP contribution in [-0.2, 0) is 4.79 Å². The van der Waals surface area contributed by atoms with Gasteiger partial charge in [0.1, 0.15) is 5.82 Å². The van der Waals surface area contributed by atoms with Gasteiger partial charge in [-0.2, -0.15) is 0 Å². The molecule has 27 heavy (non-hydrogen) atoms. The number of hydrogen-bond acceptors (Lipinski definition) is 3. The van der Waals surface area contributed by atoms with Crippen molar-refractivity contribution < 1.29 is 9.18 Å². The third kappa shape index (κ3) is 6.03. The minimum absolute atomic E-state index is 0.0812. The minimum Gasteiger partial charge on any atom is -0.337 e. The number of halogens is 2. The van der Waals surface area contributed by atoms with Gasteiger partial charge in [-0.15, -0.1) is 0 Å². The molecule has 1 aromatic rings. The summed E-state index contributed by atoms with van der Waals surface area (Å²) in [6.07, 6.45) is 8.16. The molecule has 1 aromatic carbocycles. The lowest BCUT2D eigenvalue weighted by Gasteiger charge is -2.35. The molecule has 2 saturated heterocycles. The molecule has 4 nitrogen and oxygen atoms in total. The molecule has 0 unspecified atom stereocenters. The molecule has 3 rings (SSSR count). The molecular weight excluding hydrogens is 365 g/mol. The Morgan fingerprint density at radius 3 is 2.33 bits per heavy atom. The predicted octanol–water partition coefficient (Wildman–Crippen LogP) is 3.51. The summed E-state index contributed by atoms with van der Waals surface area (Å²) in [5, 5.41) is 0.317. The average molecular weight is 394 g/mol. The standard InChI is InChI=1S/C21H29ClFN3O/c22-19-6-4-7-20(23)18(19)8-9-21(27)26-16-14-25(15-17-26)13-5-12-24-10-2-1-3-11-24/h4,6-9H,1-3,5,10-17H2/b9-8+. The number of rotatable bonds is 6. The minimum atomic E-state index is -0.412. The first-order valence-corrected chi connectivity index (χ1v) is 10.4. The van der Waals surface area contributed by atoms with E-state index in [1.165, 1.54) is 63.5 Å². The van der Waals surface area contributed by atoms with Gasteiger partial charge < -0.3 is 9.80 Å². The molecule has 148 valence electrons. The van der Waals surface area contributed by atoms with Crippen molar-refractivity contribution >= 4 is 23.6 Å². The third-order valence-electron chi connectivity index (χ3n) is 5.47. The van der Waals surface area contributed by atoms with E-state index < -0.39 is 5.82 Å². The summed E-state index contributed by atoms with van der Waals surface area (Å²) in [7, 11) is 0. The zero-order valence-corrected chi connectivity index (χ0v) is 16.6. The van der Waals surface area contributed by atoms with E-state index in [4.69, 9.17) is 11.6 Å². The van der Waals surface area contributed by atoms with Crippen LogP contribution in [0.1, 0.15) is 31.2 Å². The van der Waals surface area contributed by atoms with Crippen LogP contribution in [0.5, 0.6) is 0 Å². The molecule has 0 saturated carbocycles. The Morgan fingerprint density at radius 2 is 1.67 bits per heavy atom. The topological polar surface area (TPSA) is 26.8 Å². The monoisotopic (exact) mass is 393 g/mol. The predicted molar refractivity (Wildman–Crippen MR) is 108 cm³/mol. The van der Waals surface area contributed by atoms with Crippen LogP contribution in [0, 0.1) is 5.82 Å². The van der Waals surface area contributed by atoms with Gasteiger partial charge in [-0.1, -0.05) is 24.1 Å². The van der Waals surface area contributed by atoms with Crippen LogP contribution >= 0.6 is 11.6 Å². The van der Waals surface area contributed by atoms with Crippen LogP contribution in [0.2, 0.25) is 5.02 Å². The van der Waals surface area contributed by atoms with E-state index in [-0.39, 0.29) is 11.5 Å². The van der Waals surface area contributed by atoms with Crippen LogP contribution < -0.4 is 0 Å². The Labute approximate surface area is 166 Å². The first-order chi connectivity index (χ1) is 13.1. The second-order valence-electron chi connectivity index (χ2n) is 7.39. The number of piperidine rings is 1. The second kappa shape index (κ2) is 10.2. The van der Waals surface area contributed by atoms with Gasteiger partial charge in [-0.3, -0.25) is 9.69 Å². The maximum Gasteiger partial charge on any atom is 0.246 e. The fourth-order valence-corrected chi connectivity index (χ4v) is 4.05. The van der Waals surface area contributed by atoms with E-state index in [2.05, 4.69) is 9.80 Å². The normalized spacial score (nSPS) is 19.7. The number of amides is 1. The highest BCUT2D eigenvalue weighted by Gasteiger charge is 2.20. The van der Waals surface area contributed by atoms with Gasteiger partial charge in [-0.25, -0.2) is 4.39 Å². The van der Waals surface area contributed by atoms with Gasteiger partial charge in [0.25, 0.3) is 0 Å². The first kappa shape index (κ1) is 20.3. The van der Waals surface area contributed by atoms with E-state index >= 15 is 0 Å². The largest absolute Gasteiger partial charge is 0.337 e. The fraction of sp³-hybridized carbons (Fsp3) is 0.571. The summed E-state index contributed by atoms with van der Waals surface area (Å²) in [5.74, 6) is -0.493. The highest BCUT2D eigenvalue weighted by Crippen LogP contribution is 2.20. The molecule has 2 aliphatic rings. The molecule has 2 fully saturated rings. The third-order valence-corrected chi connectivity index (χ3v) is 5.80. The van der Waals surface area contributed by atoms with Crippen molar-refractivity contribution in [3.8, 4) is 0 Å². The molecule has 2 aliphatic heterocycles. The zero-order valence-electron chi connectivity index (χ0n) is 15.9. The highest BCUT2D eigenvalue weighted by molar-refractivity contribution is 6.32. The summed E-state index contributed by atoms with van der Waals surface area (Å²) in [6, 6.07) is 4.53. The summed E-state index contributed by atoms with van der Waals surface area (Å²) < 4.78 is 13.8. The van der Waals surface area contributed by atoms with Gasteiger partial charge in [0.15, 0.2) is 0 Å². The Morgan fingerprint density at radius 1 is 1.00 bits per heavy atom. The van der Waals surface area contributed by atoms with Crippen molar-refractivity contribution in [2.75, 3.05) is 52.4 Å². The molecular formula is C21H29ClFN3O. The van der Waals surface area contributed by atoms with E-state index in [9.17, 15) is 9.18 Å². The van der Waals surface area contributed by atoms with Crippen LogP contribution in [0.15, 0.2) is 24.3 Å². The van der Waals surface area contributed by atoms with Gasteiger partial charge in [0.2, 0.25) is 5.91 Å². The number of hydrogen-bond donors (Lipinski definition) is 0. The molecule has 1 amide bonds. The number of carbonyl (C=O) groups is 1. The van der Waals surface area contributed by atoms with Crippen molar-refractivity contribution in [3.05, 3.63) is 40.7 Å². The van der Waals surface area contributed by atoms with Crippen molar-refractivity contribution in [2.45, 2.75) is 25.7 Å². The Hall–Kier alpha value is -1.43. The van der Waals surface area contributed by atoms with Gasteiger partial charge in [0.05, 0.1) is 5.02 Å². The van der Waals surface area contributed by atoms with Crippen molar-refractivity contribution in [1.29, 1.82) is 0 Å². The van der Waals surface area contributed by atoms with E-state index in [1.807, 2.05) is 4.90 Å². The summed E-state index contributed by atoms with van der Waals surface area (Å²) in [5.41, 5.74) is 0.267. The first-order valence-electron chi connectivity index (χ1n) is 9.99. The lowest BCUT2D eigenvalue weighted by molar-refractivity contribution is -0.127. The second-order valence-corrected chi connectivity index (χ2v) is 7.80. The van der Waals surface area contributed by atoms with Crippen LogP contribution in [-0.4, -0.2) is 73.0 Å². The number of piperazine rings is 1. The maximum absolute atomic E-state index is 13.8. The molecule has 0 aliphatic carbocycles. The van der Waals surface area contributed by atoms with Gasteiger partial charge in [-0.05, 0) is 63.7 Å². The molecule has 0 atom stereocenters. The number of nitrogens with zero attached hydrogens (tertiary/aromatic N) is 3. The van der Waals surface area contributed by atoms with E-state index in [0.29, 0.717) is 5.02 Å². The zero-order chi connectivity index (χ0) is 19.1. The van der Waals surface area contributed by atoms with Crippen molar-refractivity contribution in [1.82, 2.24) is 14.7 Å². The summed E-state index contributed by atoms with van der Waals surface area (Å²) in [6.45, 7) is 8.03. The number of carbonyl (C=O) groups excluding carboxylic acids is 1. The average Bonchev–Trinajstić information content (AvgIpc) is 2.69. The Kier molecular flexibility index (Phi) is 7.68. The fourth-order valence-electron chi connectivity index (χ4n) is 3.82. The number of benzene rings is 1. The van der Waals surface area contributed by atoms with E-state index in [0.717, 1.165) is 32.7 Å². The van der Waals surface area contributed by atoms with E-state index in [1.54, 1.807) is 12.1 Å². The SMILES string of the molecule is O=C(/C=C/c1c(F)cccc1Cl)N1CCN(CCCN2CCCCC2)CC1. The van der Waals surface area contributed by atoms with Crippen molar-refractivity contribution in [2.24, 2.45) is 0 Å². The Bertz CT molecular complexity index is 633. The smallest absolute Gasteiger partial charge is 0.246 e. The quantitative estimate of drug-likeness (QED) is 0.692. The van der Waals surface area contributed by atoms with Crippen LogP contribution in [0.25, 0.3) is 6.08 Å². The Balaban J connectivity index is 1.39.